The Balaban J connectivity index is 1.36. The Kier molecular flexibility index (Phi) is 5.14. The molecule has 28 heavy (non-hydrogen) atoms. The maximum Gasteiger partial charge on any atom is 0.229 e. The van der Waals surface area contributed by atoms with Crippen LogP contribution in [0.2, 0.25) is 0 Å². The van der Waals surface area contributed by atoms with Crippen LogP contribution in [-0.2, 0) is 24.2 Å². The highest BCUT2D eigenvalue weighted by Crippen LogP contribution is 2.16. The van der Waals surface area contributed by atoms with Crippen LogP contribution in [0.3, 0.4) is 0 Å². The van der Waals surface area contributed by atoms with E-state index in [0.29, 0.717) is 6.54 Å². The summed E-state index contributed by atoms with van der Waals surface area (Å²) in [5.41, 5.74) is 4.00. The normalized spacial score (nSPS) is 12.2. The Morgan fingerprint density at radius 2 is 2.07 bits per heavy atom. The highest BCUT2D eigenvalue weighted by molar-refractivity contribution is 5.92. The zero-order valence-electron chi connectivity index (χ0n) is 15.7. The van der Waals surface area contributed by atoms with Gasteiger partial charge in [0.25, 0.3) is 0 Å². The van der Waals surface area contributed by atoms with Gasteiger partial charge in [0.15, 0.2) is 0 Å². The van der Waals surface area contributed by atoms with E-state index in [1.807, 2.05) is 49.4 Å². The molecule has 0 saturated carbocycles. The van der Waals surface area contributed by atoms with Gasteiger partial charge < -0.3 is 10.3 Å². The average Bonchev–Trinajstić information content (AvgIpc) is 3.35. The summed E-state index contributed by atoms with van der Waals surface area (Å²) < 4.78 is 1.66. The lowest BCUT2D eigenvalue weighted by Crippen LogP contribution is -2.24. The van der Waals surface area contributed by atoms with Crippen LogP contribution in [0.25, 0.3) is 11.0 Å². The van der Waals surface area contributed by atoms with Crippen molar-refractivity contribution in [2.75, 3.05) is 5.32 Å². The van der Waals surface area contributed by atoms with Gasteiger partial charge in [0.1, 0.15) is 18.5 Å². The number of hydrogen-bond donors (Lipinski definition) is 2. The molecule has 1 amide bonds. The van der Waals surface area contributed by atoms with Gasteiger partial charge in [-0.05, 0) is 36.2 Å². The van der Waals surface area contributed by atoms with Crippen LogP contribution < -0.4 is 5.32 Å². The van der Waals surface area contributed by atoms with Crippen LogP contribution in [0.1, 0.15) is 18.3 Å². The van der Waals surface area contributed by atoms with Gasteiger partial charge in [-0.15, -0.1) is 0 Å². The van der Waals surface area contributed by atoms with Crippen LogP contribution in [0.5, 0.6) is 0 Å². The Bertz CT molecular complexity index is 1040. The molecule has 7 nitrogen and oxygen atoms in total. The van der Waals surface area contributed by atoms with Gasteiger partial charge in [0.05, 0.1) is 23.5 Å². The average molecular weight is 374 g/mol. The second-order valence-corrected chi connectivity index (χ2v) is 6.91. The lowest BCUT2D eigenvalue weighted by atomic mass is 10.1. The molecule has 0 aliphatic heterocycles. The molecule has 0 radical (unpaired) electrons. The number of aryl methyl sites for hydroxylation is 2. The van der Waals surface area contributed by atoms with Gasteiger partial charge in [-0.2, -0.15) is 5.10 Å². The van der Waals surface area contributed by atoms with E-state index in [-0.39, 0.29) is 11.8 Å². The van der Waals surface area contributed by atoms with Crippen molar-refractivity contribution in [1.29, 1.82) is 0 Å². The number of anilines is 1. The predicted octanol–water partition coefficient (Wildman–Crippen LogP) is 3.21. The standard InChI is InChI=1S/C21H22N6O/c1-15(12-27-14-22-13-23-27)21(28)24-17-6-4-5-16(11-17)9-10-20-25-18-7-2-3-8-19(18)26-20/h2-8,11,13-15H,9-10,12H2,1H3,(H,24,28)(H,25,26). The lowest BCUT2D eigenvalue weighted by Gasteiger charge is -2.12. The Morgan fingerprint density at radius 1 is 1.18 bits per heavy atom. The van der Waals surface area contributed by atoms with Crippen LogP contribution in [-0.4, -0.2) is 30.6 Å². The van der Waals surface area contributed by atoms with Crippen molar-refractivity contribution in [3.05, 3.63) is 72.6 Å². The number of carbonyl (C=O) groups is 1. The van der Waals surface area contributed by atoms with Crippen molar-refractivity contribution < 1.29 is 4.79 Å². The second-order valence-electron chi connectivity index (χ2n) is 6.91. The minimum atomic E-state index is -0.207. The highest BCUT2D eigenvalue weighted by atomic mass is 16.1. The number of nitrogens with zero attached hydrogens (tertiary/aromatic N) is 4. The Labute approximate surface area is 162 Å². The number of imidazole rings is 1. The molecular formula is C21H22N6O. The Morgan fingerprint density at radius 3 is 2.89 bits per heavy atom. The first kappa shape index (κ1) is 17.9. The van der Waals surface area contributed by atoms with Gasteiger partial charge in [-0.25, -0.2) is 9.97 Å². The third kappa shape index (κ3) is 4.25. The van der Waals surface area contributed by atoms with Crippen molar-refractivity contribution in [3.8, 4) is 0 Å². The summed E-state index contributed by atoms with van der Waals surface area (Å²) in [5, 5.41) is 7.04. The predicted molar refractivity (Wildman–Crippen MR) is 108 cm³/mol. The Hall–Kier alpha value is -3.48. The van der Waals surface area contributed by atoms with Crippen LogP contribution in [0.4, 0.5) is 5.69 Å². The van der Waals surface area contributed by atoms with E-state index in [2.05, 4.69) is 31.4 Å². The van der Waals surface area contributed by atoms with Crippen LogP contribution in [0, 0.1) is 5.92 Å². The third-order valence-corrected chi connectivity index (χ3v) is 4.66. The summed E-state index contributed by atoms with van der Waals surface area (Å²) in [7, 11) is 0. The van der Waals surface area contributed by atoms with E-state index < -0.39 is 0 Å². The SMILES string of the molecule is CC(Cn1cncn1)C(=O)Nc1cccc(CCc2nc3ccccc3[nH]2)c1. The zero-order chi connectivity index (χ0) is 19.3. The van der Waals surface area contributed by atoms with Crippen molar-refractivity contribution in [2.45, 2.75) is 26.3 Å². The molecule has 0 bridgehead atoms. The summed E-state index contributed by atoms with van der Waals surface area (Å²) in [6.45, 7) is 2.38. The first-order valence-electron chi connectivity index (χ1n) is 9.33. The number of fused-ring (bicyclic) bond motifs is 1. The molecule has 0 fully saturated rings. The first-order chi connectivity index (χ1) is 13.7. The fraction of sp³-hybridized carbons (Fsp3) is 0.238. The molecule has 4 aromatic rings. The van der Waals surface area contributed by atoms with E-state index in [0.717, 1.165) is 41.0 Å². The van der Waals surface area contributed by atoms with Crippen molar-refractivity contribution in [1.82, 2.24) is 24.7 Å². The fourth-order valence-electron chi connectivity index (χ4n) is 3.15. The summed E-state index contributed by atoms with van der Waals surface area (Å²) in [6.07, 6.45) is 4.74. The number of amides is 1. The van der Waals surface area contributed by atoms with Crippen molar-refractivity contribution in [2.24, 2.45) is 5.92 Å². The lowest BCUT2D eigenvalue weighted by molar-refractivity contribution is -0.119. The summed E-state index contributed by atoms with van der Waals surface area (Å²) in [5.74, 6) is 0.725. The number of rotatable bonds is 7. The second kappa shape index (κ2) is 8.04. The summed E-state index contributed by atoms with van der Waals surface area (Å²) in [4.78, 5) is 24.3. The largest absolute Gasteiger partial charge is 0.342 e. The molecule has 142 valence electrons. The minimum Gasteiger partial charge on any atom is -0.342 e. The molecule has 2 aromatic heterocycles. The topological polar surface area (TPSA) is 88.5 Å². The smallest absolute Gasteiger partial charge is 0.229 e. The van der Waals surface area contributed by atoms with Crippen LogP contribution in [0.15, 0.2) is 61.2 Å². The van der Waals surface area contributed by atoms with E-state index in [4.69, 9.17) is 0 Å². The highest BCUT2D eigenvalue weighted by Gasteiger charge is 2.14. The van der Waals surface area contributed by atoms with Gasteiger partial charge in [-0.3, -0.25) is 9.48 Å². The van der Waals surface area contributed by atoms with Gasteiger partial charge in [-0.1, -0.05) is 31.2 Å². The number of H-pyrrole nitrogens is 1. The molecule has 2 heterocycles. The zero-order valence-corrected chi connectivity index (χ0v) is 15.7. The number of nitrogens with one attached hydrogen (secondary N) is 2. The number of hydrogen-bond acceptors (Lipinski definition) is 4. The molecule has 1 atom stereocenters. The van der Waals surface area contributed by atoms with Crippen molar-refractivity contribution >= 4 is 22.6 Å². The summed E-state index contributed by atoms with van der Waals surface area (Å²) >= 11 is 0. The molecule has 1 unspecified atom stereocenters. The quantitative estimate of drug-likeness (QED) is 0.520. The molecule has 7 heteroatoms. The minimum absolute atomic E-state index is 0.0371. The van der Waals surface area contributed by atoms with E-state index >= 15 is 0 Å². The van der Waals surface area contributed by atoms with Crippen molar-refractivity contribution in [3.63, 3.8) is 0 Å². The molecule has 0 spiro atoms. The molecule has 0 saturated heterocycles. The molecule has 0 aliphatic carbocycles. The van der Waals surface area contributed by atoms with Gasteiger partial charge in [0.2, 0.25) is 5.91 Å². The number of aromatic nitrogens is 5. The van der Waals surface area contributed by atoms with E-state index in [9.17, 15) is 4.79 Å². The maximum absolute atomic E-state index is 12.4. The van der Waals surface area contributed by atoms with E-state index in [1.165, 1.54) is 6.33 Å². The maximum atomic E-state index is 12.4. The number of carbonyl (C=O) groups excluding carboxylic acids is 1. The molecular weight excluding hydrogens is 352 g/mol. The number of aromatic amines is 1. The van der Waals surface area contributed by atoms with Crippen LogP contribution >= 0.6 is 0 Å². The van der Waals surface area contributed by atoms with Gasteiger partial charge >= 0.3 is 0 Å². The molecule has 0 aliphatic rings. The fourth-order valence-corrected chi connectivity index (χ4v) is 3.15. The molecule has 4 rings (SSSR count). The van der Waals surface area contributed by atoms with E-state index in [1.54, 1.807) is 11.0 Å². The number of benzene rings is 2. The molecule has 2 aromatic carbocycles. The number of para-hydroxylation sites is 2. The molecule has 2 N–H and O–H groups in total. The summed E-state index contributed by atoms with van der Waals surface area (Å²) in [6, 6.07) is 16.0. The van der Waals surface area contributed by atoms with Gasteiger partial charge in [0, 0.05) is 12.1 Å². The third-order valence-electron chi connectivity index (χ3n) is 4.66. The first-order valence-corrected chi connectivity index (χ1v) is 9.33. The monoisotopic (exact) mass is 374 g/mol.